The summed E-state index contributed by atoms with van der Waals surface area (Å²) in [5.74, 6) is 0.586. The zero-order valence-electron chi connectivity index (χ0n) is 18.4. The highest BCUT2D eigenvalue weighted by molar-refractivity contribution is 7.87. The van der Waals surface area contributed by atoms with Gasteiger partial charge in [-0.05, 0) is 44.9 Å². The number of fused-ring (bicyclic) bond motifs is 1. The van der Waals surface area contributed by atoms with E-state index in [9.17, 15) is 22.7 Å². The molecule has 0 bridgehead atoms. The summed E-state index contributed by atoms with van der Waals surface area (Å²) in [5.41, 5.74) is -0.105. The second-order valence-corrected chi connectivity index (χ2v) is 11.3. The minimum absolute atomic E-state index is 0.0475. The molecule has 178 valence electrons. The van der Waals surface area contributed by atoms with Crippen LogP contribution >= 0.6 is 0 Å². The number of nitrogens with one attached hydrogen (secondary N) is 1. The summed E-state index contributed by atoms with van der Waals surface area (Å²) in [7, 11) is -0.854. The first kappa shape index (κ1) is 23.3. The molecule has 1 amide bonds. The predicted octanol–water partition coefficient (Wildman–Crippen LogP) is 1.35. The third-order valence-electron chi connectivity index (χ3n) is 7.15. The lowest BCUT2D eigenvalue weighted by Gasteiger charge is -2.32. The molecule has 0 unspecified atom stereocenters. The maximum atomic E-state index is 13.2. The summed E-state index contributed by atoms with van der Waals surface area (Å²) < 4.78 is 47.7. The number of rotatable bonds is 7. The number of hydrogen-bond donors (Lipinski definition) is 2. The molecule has 1 saturated heterocycles. The lowest BCUT2D eigenvalue weighted by molar-refractivity contribution is -0.00880. The van der Waals surface area contributed by atoms with Crippen molar-refractivity contribution < 1.29 is 27.4 Å². The minimum atomic E-state index is -3.71. The van der Waals surface area contributed by atoms with Gasteiger partial charge >= 0.3 is 6.09 Å². The van der Waals surface area contributed by atoms with Crippen LogP contribution in [0.4, 0.5) is 9.18 Å². The van der Waals surface area contributed by atoms with Gasteiger partial charge in [0.25, 0.3) is 10.2 Å². The molecule has 0 radical (unpaired) electrons. The van der Waals surface area contributed by atoms with Crippen molar-refractivity contribution in [3.05, 3.63) is 24.0 Å². The molecule has 1 aromatic heterocycles. The Labute approximate surface area is 187 Å². The van der Waals surface area contributed by atoms with Gasteiger partial charge in [-0.25, -0.2) is 19.2 Å². The van der Waals surface area contributed by atoms with E-state index in [2.05, 4.69) is 14.7 Å². The average molecular weight is 472 g/mol. The monoisotopic (exact) mass is 471 g/mol. The molecule has 12 heteroatoms. The van der Waals surface area contributed by atoms with Crippen LogP contribution in [0.1, 0.15) is 44.9 Å². The van der Waals surface area contributed by atoms with Gasteiger partial charge in [0, 0.05) is 31.6 Å². The Morgan fingerprint density at radius 2 is 2.06 bits per heavy atom. The molecule has 2 N–H and O–H groups in total. The van der Waals surface area contributed by atoms with Crippen LogP contribution in [-0.2, 0) is 20.4 Å². The number of ether oxygens (including phenoxy) is 1. The van der Waals surface area contributed by atoms with Crippen molar-refractivity contribution in [3.8, 4) is 0 Å². The first-order valence-electron chi connectivity index (χ1n) is 10.8. The normalized spacial score (nSPS) is 34.5. The molecule has 3 aliphatic rings. The fourth-order valence-electron chi connectivity index (χ4n) is 5.30. The van der Waals surface area contributed by atoms with Crippen molar-refractivity contribution in [3.63, 3.8) is 0 Å². The number of likely N-dealkylation sites (tertiary alicyclic amines) is 1. The first-order chi connectivity index (χ1) is 15.0. The van der Waals surface area contributed by atoms with Gasteiger partial charge in [-0.3, -0.25) is 4.90 Å². The van der Waals surface area contributed by atoms with Crippen molar-refractivity contribution in [2.24, 2.45) is 5.92 Å². The molecule has 3 fully saturated rings. The summed E-state index contributed by atoms with van der Waals surface area (Å²) in [5, 5.41) is 9.69. The van der Waals surface area contributed by atoms with Gasteiger partial charge in [0.05, 0.1) is 31.1 Å². The van der Waals surface area contributed by atoms with Crippen molar-refractivity contribution in [2.75, 3.05) is 20.7 Å². The summed E-state index contributed by atoms with van der Waals surface area (Å²) >= 11 is 0. The van der Waals surface area contributed by atoms with Crippen LogP contribution in [0.15, 0.2) is 12.4 Å². The highest BCUT2D eigenvalue weighted by Crippen LogP contribution is 2.61. The van der Waals surface area contributed by atoms with Gasteiger partial charge in [-0.1, -0.05) is 0 Å². The fraction of sp³-hybridized carbons (Fsp3) is 0.750. The molecule has 4 rings (SSSR count). The van der Waals surface area contributed by atoms with Crippen molar-refractivity contribution in [1.29, 1.82) is 0 Å². The highest BCUT2D eigenvalue weighted by Gasteiger charge is 2.60. The van der Waals surface area contributed by atoms with Crippen molar-refractivity contribution in [2.45, 2.75) is 68.7 Å². The van der Waals surface area contributed by atoms with Gasteiger partial charge in [0.1, 0.15) is 5.82 Å². The zero-order chi connectivity index (χ0) is 23.3. The van der Waals surface area contributed by atoms with Crippen molar-refractivity contribution >= 4 is 16.3 Å². The molecule has 2 heterocycles. The van der Waals surface area contributed by atoms with Crippen LogP contribution in [0.2, 0.25) is 0 Å². The van der Waals surface area contributed by atoms with Gasteiger partial charge in [-0.2, -0.15) is 17.4 Å². The maximum absolute atomic E-state index is 13.2. The van der Waals surface area contributed by atoms with E-state index in [1.54, 1.807) is 6.92 Å². The quantitative estimate of drug-likeness (QED) is 0.615. The lowest BCUT2D eigenvalue weighted by Crippen LogP contribution is -2.52. The predicted molar refractivity (Wildman–Crippen MR) is 113 cm³/mol. The van der Waals surface area contributed by atoms with Crippen LogP contribution < -0.4 is 4.72 Å². The van der Waals surface area contributed by atoms with Crippen LogP contribution in [0.3, 0.4) is 0 Å². The molecule has 1 aliphatic heterocycles. The number of carbonyl (C=O) groups is 1. The van der Waals surface area contributed by atoms with E-state index in [0.717, 1.165) is 30.0 Å². The Hall–Kier alpha value is -1.89. The number of halogens is 1. The molecular weight excluding hydrogens is 441 g/mol. The molecule has 6 atom stereocenters. The topological polar surface area (TPSA) is 125 Å². The second kappa shape index (κ2) is 8.47. The summed E-state index contributed by atoms with van der Waals surface area (Å²) in [6, 6.07) is -1.50. The summed E-state index contributed by atoms with van der Waals surface area (Å²) in [6.45, 7) is 1.89. The number of carboxylic acid groups (broad SMARTS) is 1. The third kappa shape index (κ3) is 4.33. The fourth-order valence-corrected chi connectivity index (χ4v) is 6.15. The van der Waals surface area contributed by atoms with E-state index in [1.807, 2.05) is 0 Å². The van der Waals surface area contributed by atoms with E-state index in [0.29, 0.717) is 18.2 Å². The zero-order valence-corrected chi connectivity index (χ0v) is 19.3. The molecule has 10 nitrogen and oxygen atoms in total. The minimum Gasteiger partial charge on any atom is -0.465 e. The molecule has 32 heavy (non-hydrogen) atoms. The van der Waals surface area contributed by atoms with E-state index < -0.39 is 34.2 Å². The lowest BCUT2D eigenvalue weighted by atomic mass is 9.86. The SMILES string of the molecule is C[C@@H]1C[C@H](NS(=O)(=O)N(C)C)[C@H](CO[C@H]2CC[C@@]3(c4ncc(F)cn4)C[C@H]3C2)N1C(=O)O. The smallest absolute Gasteiger partial charge is 0.407 e. The molecular formula is C20H30FN5O5S. The summed E-state index contributed by atoms with van der Waals surface area (Å²) in [6.07, 6.45) is 4.97. The maximum Gasteiger partial charge on any atom is 0.407 e. The number of aromatic nitrogens is 2. The van der Waals surface area contributed by atoms with Crippen molar-refractivity contribution in [1.82, 2.24) is 23.9 Å². The summed E-state index contributed by atoms with van der Waals surface area (Å²) in [4.78, 5) is 21.5. The second-order valence-electron chi connectivity index (χ2n) is 9.37. The Morgan fingerprint density at radius 3 is 2.66 bits per heavy atom. The Balaban J connectivity index is 1.39. The standard InChI is InChI=1S/C20H30FN5O5S/c1-12-6-16(24-32(29,30)25(2)3)17(26(12)19(27)28)11-31-15-4-5-20(8-13(20)7-15)18-22-9-14(21)10-23-18/h9-10,12-13,15-17,24H,4-8,11H2,1-3H3,(H,27,28)/t12-,13-,15+,16+,17+,20-/m1/s1. The third-order valence-corrected chi connectivity index (χ3v) is 8.72. The molecule has 0 spiro atoms. The molecule has 2 saturated carbocycles. The van der Waals surface area contributed by atoms with E-state index in [1.165, 1.54) is 31.4 Å². The Kier molecular flexibility index (Phi) is 6.16. The van der Waals surface area contributed by atoms with Crippen LogP contribution in [-0.4, -0.2) is 83.7 Å². The Morgan fingerprint density at radius 1 is 1.38 bits per heavy atom. The van der Waals surface area contributed by atoms with E-state index >= 15 is 0 Å². The van der Waals surface area contributed by atoms with Gasteiger partial charge in [0.15, 0.2) is 5.82 Å². The number of nitrogens with zero attached hydrogens (tertiary/aromatic N) is 4. The van der Waals surface area contributed by atoms with Crippen LogP contribution in [0.5, 0.6) is 0 Å². The molecule has 0 aromatic carbocycles. The van der Waals surface area contributed by atoms with Crippen LogP contribution in [0.25, 0.3) is 0 Å². The molecule has 2 aliphatic carbocycles. The average Bonchev–Trinajstić information content (AvgIpc) is 3.37. The Bertz CT molecular complexity index is 962. The number of hydrogen-bond acceptors (Lipinski definition) is 6. The van der Waals surface area contributed by atoms with Crippen LogP contribution in [0, 0.1) is 11.7 Å². The van der Waals surface area contributed by atoms with Gasteiger partial charge in [-0.15, -0.1) is 0 Å². The largest absolute Gasteiger partial charge is 0.465 e. The van der Waals surface area contributed by atoms with Gasteiger partial charge in [0.2, 0.25) is 0 Å². The number of amides is 1. The van der Waals surface area contributed by atoms with E-state index in [4.69, 9.17) is 4.74 Å². The highest BCUT2D eigenvalue weighted by atomic mass is 32.2. The van der Waals surface area contributed by atoms with Gasteiger partial charge < -0.3 is 9.84 Å². The van der Waals surface area contributed by atoms with E-state index in [-0.39, 0.29) is 24.2 Å². The molecule has 1 aromatic rings. The first-order valence-corrected chi connectivity index (χ1v) is 12.3.